The van der Waals surface area contributed by atoms with Crippen molar-refractivity contribution in [3.05, 3.63) is 12.7 Å². The lowest BCUT2D eigenvalue weighted by atomic mass is 9.87. The number of anilines is 1. The number of phosphoric ester groups is 3. The van der Waals surface area contributed by atoms with E-state index in [1.807, 2.05) is 0 Å². The fraction of sp³-hybridized carbons (Fsp3) is 0.800. The van der Waals surface area contributed by atoms with Crippen LogP contribution in [-0.4, -0.2) is 123 Å². The first-order valence-corrected chi connectivity index (χ1v) is 28.5. The fourth-order valence-corrected chi connectivity index (χ4v) is 10.8. The van der Waals surface area contributed by atoms with Gasteiger partial charge < -0.3 is 50.9 Å². The van der Waals surface area contributed by atoms with Crippen LogP contribution in [0.25, 0.3) is 11.2 Å². The Balaban J connectivity index is 1.30. The summed E-state index contributed by atoms with van der Waals surface area (Å²) >= 11 is 1.16. The number of rotatable bonds is 35. The third kappa shape index (κ3) is 21.9. The molecule has 28 heteroatoms. The summed E-state index contributed by atoms with van der Waals surface area (Å²) < 4.78 is 62.5. The number of aliphatic hydroxyl groups excluding tert-OH is 2. The minimum atomic E-state index is -5.58. The van der Waals surface area contributed by atoms with Crippen LogP contribution in [0.3, 0.4) is 0 Å². The molecular weight excluding hydrogens is 975 g/mol. The highest BCUT2D eigenvalue weighted by atomic mass is 32.2. The SMILES string of the molecule is CCCCCCCCCCC(C)CCCCCCC(=O)SCCNC(=O)CCNC(=O)C(O)C(C)(C)COP(=O)(O)OP(=O)(O)OCC1OC(n2cnc3c(N)ncnc32)C(O)C1OP(=O)(O)O. The Morgan fingerprint density at radius 1 is 0.882 bits per heavy atom. The van der Waals surface area contributed by atoms with Crippen molar-refractivity contribution in [3.63, 3.8) is 0 Å². The van der Waals surface area contributed by atoms with Gasteiger partial charge in [0, 0.05) is 37.1 Å². The van der Waals surface area contributed by atoms with Crippen LogP contribution < -0.4 is 16.4 Å². The zero-order chi connectivity index (χ0) is 50.5. The van der Waals surface area contributed by atoms with Gasteiger partial charge in [-0.25, -0.2) is 28.6 Å². The number of carbonyl (C=O) groups is 3. The van der Waals surface area contributed by atoms with E-state index in [2.05, 4.69) is 48.3 Å². The molecule has 0 spiro atoms. The number of hydrogen-bond acceptors (Lipinski definition) is 18. The van der Waals surface area contributed by atoms with E-state index in [1.165, 1.54) is 84.5 Å². The van der Waals surface area contributed by atoms with Gasteiger partial charge in [0.25, 0.3) is 0 Å². The Hall–Kier alpha value is -2.44. The van der Waals surface area contributed by atoms with E-state index < -0.39 is 84.6 Å². The molecule has 10 N–H and O–H groups in total. The first kappa shape index (κ1) is 59.9. The monoisotopic (exact) mass is 1050 g/mol. The van der Waals surface area contributed by atoms with E-state index >= 15 is 0 Å². The smallest absolute Gasteiger partial charge is 0.386 e. The molecule has 24 nitrogen and oxygen atoms in total. The van der Waals surface area contributed by atoms with Crippen molar-refractivity contribution in [2.45, 2.75) is 161 Å². The van der Waals surface area contributed by atoms with E-state index in [4.69, 9.17) is 19.5 Å². The topological polar surface area (TPSA) is 364 Å². The molecule has 2 amide bonds. The molecule has 1 fully saturated rings. The summed E-state index contributed by atoms with van der Waals surface area (Å²) in [4.78, 5) is 88.5. The van der Waals surface area contributed by atoms with Crippen LogP contribution in [0, 0.1) is 11.3 Å². The average molecular weight is 1050 g/mol. The van der Waals surface area contributed by atoms with Gasteiger partial charge in [-0.2, -0.15) is 4.31 Å². The van der Waals surface area contributed by atoms with Gasteiger partial charge in [0.2, 0.25) is 11.8 Å². The lowest BCUT2D eigenvalue weighted by molar-refractivity contribution is -0.137. The molecule has 1 aliphatic heterocycles. The van der Waals surface area contributed by atoms with Crippen LogP contribution in [0.2, 0.25) is 0 Å². The van der Waals surface area contributed by atoms with Crippen molar-refractivity contribution < 1.29 is 80.5 Å². The number of aliphatic hydroxyl groups is 2. The third-order valence-electron chi connectivity index (χ3n) is 11.1. The number of ether oxygens (including phenoxy) is 1. The summed E-state index contributed by atoms with van der Waals surface area (Å²) in [6.07, 6.45) is 10.9. The first-order valence-electron chi connectivity index (χ1n) is 23.0. The molecule has 0 aromatic carbocycles. The van der Waals surface area contributed by atoms with Crippen LogP contribution in [0.15, 0.2) is 12.7 Å². The largest absolute Gasteiger partial charge is 0.481 e. The van der Waals surface area contributed by atoms with Crippen LogP contribution in [-0.2, 0) is 50.7 Å². The molecule has 3 rings (SSSR count). The molecule has 8 atom stereocenters. The zero-order valence-electron chi connectivity index (χ0n) is 39.3. The van der Waals surface area contributed by atoms with E-state index in [0.717, 1.165) is 54.2 Å². The molecule has 390 valence electrons. The van der Waals surface area contributed by atoms with Crippen molar-refractivity contribution >= 4 is 69.1 Å². The van der Waals surface area contributed by atoms with Crippen LogP contribution >= 0.6 is 35.2 Å². The molecule has 1 aliphatic rings. The number of imidazole rings is 1. The van der Waals surface area contributed by atoms with E-state index in [0.29, 0.717) is 12.2 Å². The lowest BCUT2D eigenvalue weighted by Gasteiger charge is -2.30. The molecular formula is C40H72N7O17P3S. The average Bonchev–Trinajstić information content (AvgIpc) is 3.82. The number of unbranched alkanes of at least 4 members (excludes halogenated alkanes) is 10. The highest BCUT2D eigenvalue weighted by molar-refractivity contribution is 8.13. The van der Waals surface area contributed by atoms with Gasteiger partial charge >= 0.3 is 23.5 Å². The Bertz CT molecular complexity index is 2030. The van der Waals surface area contributed by atoms with Crippen LogP contribution in [0.1, 0.15) is 137 Å². The second-order valence-electron chi connectivity index (χ2n) is 17.6. The molecule has 2 aromatic heterocycles. The van der Waals surface area contributed by atoms with Gasteiger partial charge in [-0.15, -0.1) is 0 Å². The van der Waals surface area contributed by atoms with Crippen molar-refractivity contribution in [1.82, 2.24) is 30.2 Å². The second-order valence-corrected chi connectivity index (χ2v) is 23.0. The highest BCUT2D eigenvalue weighted by Gasteiger charge is 2.50. The molecule has 0 saturated carbocycles. The molecule has 8 unspecified atom stereocenters. The number of nitrogen functional groups attached to an aromatic ring is 1. The molecule has 0 aliphatic carbocycles. The normalized spacial score (nSPS) is 20.4. The van der Waals surface area contributed by atoms with Crippen molar-refractivity contribution in [2.75, 3.05) is 37.8 Å². The number of nitrogens with two attached hydrogens (primary N) is 1. The number of carbonyl (C=O) groups excluding carboxylic acids is 3. The Morgan fingerprint density at radius 3 is 2.15 bits per heavy atom. The predicted molar refractivity (Wildman–Crippen MR) is 251 cm³/mol. The number of phosphoric acid groups is 3. The molecule has 3 heterocycles. The van der Waals surface area contributed by atoms with Gasteiger partial charge in [0.15, 0.2) is 22.8 Å². The summed E-state index contributed by atoms with van der Waals surface area (Å²) in [7, 11) is -16.4. The number of amides is 2. The van der Waals surface area contributed by atoms with Crippen LogP contribution in [0.5, 0.6) is 0 Å². The van der Waals surface area contributed by atoms with Gasteiger partial charge in [0.05, 0.1) is 19.5 Å². The molecule has 0 radical (unpaired) electrons. The molecule has 0 bridgehead atoms. The van der Waals surface area contributed by atoms with Gasteiger partial charge in [-0.05, 0) is 12.3 Å². The van der Waals surface area contributed by atoms with E-state index in [1.54, 1.807) is 0 Å². The van der Waals surface area contributed by atoms with E-state index in [-0.39, 0.29) is 41.6 Å². The summed E-state index contributed by atoms with van der Waals surface area (Å²) in [5.74, 6) is -0.283. The van der Waals surface area contributed by atoms with Crippen molar-refractivity contribution in [1.29, 1.82) is 0 Å². The Kier molecular flexibility index (Phi) is 25.7. The number of hydrogen-bond donors (Lipinski definition) is 9. The Morgan fingerprint density at radius 2 is 1.50 bits per heavy atom. The number of thioether (sulfide) groups is 1. The first-order chi connectivity index (χ1) is 31.9. The van der Waals surface area contributed by atoms with Gasteiger partial charge in [-0.1, -0.05) is 123 Å². The quantitative estimate of drug-likeness (QED) is 0.0317. The summed E-state index contributed by atoms with van der Waals surface area (Å²) in [5, 5.41) is 26.7. The van der Waals surface area contributed by atoms with Gasteiger partial charge in [0.1, 0.15) is 36.3 Å². The summed E-state index contributed by atoms with van der Waals surface area (Å²) in [5.41, 5.74) is 4.29. The minimum absolute atomic E-state index is 0.0339. The molecule has 68 heavy (non-hydrogen) atoms. The number of fused-ring (bicyclic) bond motifs is 1. The van der Waals surface area contributed by atoms with Gasteiger partial charge in [-0.3, -0.25) is 32.5 Å². The van der Waals surface area contributed by atoms with E-state index in [9.17, 15) is 57.9 Å². The highest BCUT2D eigenvalue weighted by Crippen LogP contribution is 2.61. The predicted octanol–water partition coefficient (Wildman–Crippen LogP) is 5.17. The Labute approximate surface area is 401 Å². The number of nitrogens with zero attached hydrogens (tertiary/aromatic N) is 4. The molecule has 2 aromatic rings. The standard InChI is InChI=1S/C40H72N7O17P3S/c1-5-6-7-8-9-10-11-14-17-28(2)18-15-12-13-16-19-31(49)68-23-22-42-30(48)20-21-43-38(52)35(51)40(3,4)25-61-67(58,59)64-66(56,57)60-24-29-34(63-65(53,54)55)33(50)39(62-29)47-27-46-32-36(41)44-26-45-37(32)47/h26-29,33-35,39,50-51H,5-25H2,1-4H3,(H,42,48)(H,43,52)(H,56,57)(H,58,59)(H2,41,44,45)(H2,53,54,55). The number of nitrogens with one attached hydrogen (secondary N) is 2. The zero-order valence-corrected chi connectivity index (χ0v) is 42.8. The maximum absolute atomic E-state index is 12.7. The summed E-state index contributed by atoms with van der Waals surface area (Å²) in [6, 6.07) is 0. The van der Waals surface area contributed by atoms with Crippen molar-refractivity contribution in [2.24, 2.45) is 11.3 Å². The second kappa shape index (κ2) is 29.2. The lowest BCUT2D eigenvalue weighted by Crippen LogP contribution is -2.46. The summed E-state index contributed by atoms with van der Waals surface area (Å²) in [6.45, 7) is 5.15. The van der Waals surface area contributed by atoms with Crippen LogP contribution in [0.4, 0.5) is 5.82 Å². The fourth-order valence-electron chi connectivity index (χ4n) is 7.25. The maximum Gasteiger partial charge on any atom is 0.481 e. The maximum atomic E-state index is 12.7. The third-order valence-corrected chi connectivity index (χ3v) is 15.2. The molecule has 1 saturated heterocycles. The number of aromatic nitrogens is 4. The van der Waals surface area contributed by atoms with Crippen molar-refractivity contribution in [3.8, 4) is 0 Å². The minimum Gasteiger partial charge on any atom is -0.386 e.